The minimum absolute atomic E-state index is 0.0126. The summed E-state index contributed by atoms with van der Waals surface area (Å²) in [6, 6.07) is 10.1. The van der Waals surface area contributed by atoms with E-state index in [0.29, 0.717) is 11.3 Å². The number of hydrogen-bond donors (Lipinski definition) is 2. The highest BCUT2D eigenvalue weighted by Gasteiger charge is 2.11. The molecular formula is C15H12FNO3. The van der Waals surface area contributed by atoms with Gasteiger partial charge in [-0.05, 0) is 37.3 Å². The molecule has 102 valence electrons. The molecule has 0 radical (unpaired) electrons. The van der Waals surface area contributed by atoms with Gasteiger partial charge in [-0.1, -0.05) is 12.1 Å². The van der Waals surface area contributed by atoms with Gasteiger partial charge < -0.3 is 10.4 Å². The lowest BCUT2D eigenvalue weighted by Crippen LogP contribution is -2.03. The molecule has 5 heteroatoms. The Hall–Kier alpha value is -2.69. The maximum Gasteiger partial charge on any atom is 0.335 e. The Labute approximate surface area is 114 Å². The van der Waals surface area contributed by atoms with Crippen molar-refractivity contribution in [3.63, 3.8) is 0 Å². The Balaban J connectivity index is 2.42. The molecule has 0 saturated carbocycles. The van der Waals surface area contributed by atoms with Gasteiger partial charge in [-0.25, -0.2) is 9.18 Å². The maximum atomic E-state index is 13.7. The largest absolute Gasteiger partial charge is 0.478 e. The van der Waals surface area contributed by atoms with Gasteiger partial charge in [0.2, 0.25) is 0 Å². The number of benzene rings is 2. The lowest BCUT2D eigenvalue weighted by molar-refractivity contribution is 0.0696. The smallest absolute Gasteiger partial charge is 0.335 e. The molecule has 0 unspecified atom stereocenters. The number of halogens is 1. The predicted octanol–water partition coefficient (Wildman–Crippen LogP) is 3.47. The number of para-hydroxylation sites is 1. The van der Waals surface area contributed by atoms with Crippen LogP contribution in [0.15, 0.2) is 42.5 Å². The molecule has 0 saturated heterocycles. The average Bonchev–Trinajstić information content (AvgIpc) is 2.41. The number of anilines is 2. The van der Waals surface area contributed by atoms with E-state index < -0.39 is 11.8 Å². The van der Waals surface area contributed by atoms with Gasteiger partial charge in [0, 0.05) is 11.3 Å². The zero-order valence-electron chi connectivity index (χ0n) is 10.7. The van der Waals surface area contributed by atoms with Crippen LogP contribution in [0.5, 0.6) is 0 Å². The first-order chi connectivity index (χ1) is 9.49. The highest BCUT2D eigenvalue weighted by atomic mass is 19.1. The molecule has 2 aromatic carbocycles. The topological polar surface area (TPSA) is 66.4 Å². The third-order valence-electron chi connectivity index (χ3n) is 2.79. The Kier molecular flexibility index (Phi) is 3.79. The van der Waals surface area contributed by atoms with Crippen molar-refractivity contribution >= 4 is 23.1 Å². The zero-order valence-corrected chi connectivity index (χ0v) is 10.7. The van der Waals surface area contributed by atoms with Crippen molar-refractivity contribution in [1.29, 1.82) is 0 Å². The molecule has 20 heavy (non-hydrogen) atoms. The molecule has 0 aromatic heterocycles. The molecule has 0 bridgehead atoms. The minimum atomic E-state index is -1.15. The second-order valence-corrected chi connectivity index (χ2v) is 4.23. The maximum absolute atomic E-state index is 13.7. The quantitative estimate of drug-likeness (QED) is 0.837. The molecule has 2 rings (SSSR count). The van der Waals surface area contributed by atoms with E-state index in [1.54, 1.807) is 24.3 Å². The summed E-state index contributed by atoms with van der Waals surface area (Å²) >= 11 is 0. The summed E-state index contributed by atoms with van der Waals surface area (Å²) in [5, 5.41) is 11.7. The van der Waals surface area contributed by atoms with Crippen LogP contribution in [-0.4, -0.2) is 16.9 Å². The van der Waals surface area contributed by atoms with Crippen LogP contribution < -0.4 is 5.32 Å². The number of aromatic carboxylic acids is 1. The van der Waals surface area contributed by atoms with E-state index in [2.05, 4.69) is 5.32 Å². The van der Waals surface area contributed by atoms with Gasteiger partial charge in [0.1, 0.15) is 5.82 Å². The van der Waals surface area contributed by atoms with E-state index in [-0.39, 0.29) is 17.0 Å². The van der Waals surface area contributed by atoms with E-state index in [9.17, 15) is 14.0 Å². The monoisotopic (exact) mass is 273 g/mol. The fourth-order valence-corrected chi connectivity index (χ4v) is 1.80. The van der Waals surface area contributed by atoms with Gasteiger partial charge in [-0.3, -0.25) is 4.79 Å². The van der Waals surface area contributed by atoms with Crippen molar-refractivity contribution in [2.45, 2.75) is 6.92 Å². The van der Waals surface area contributed by atoms with Gasteiger partial charge >= 0.3 is 5.97 Å². The molecule has 0 fully saturated rings. The van der Waals surface area contributed by atoms with Gasteiger partial charge in [0.05, 0.1) is 11.3 Å². The van der Waals surface area contributed by atoms with Crippen molar-refractivity contribution in [2.75, 3.05) is 5.32 Å². The first-order valence-electron chi connectivity index (χ1n) is 5.89. The number of ketones is 1. The van der Waals surface area contributed by atoms with Crippen LogP contribution in [0.1, 0.15) is 27.6 Å². The van der Waals surface area contributed by atoms with Crippen LogP contribution in [0, 0.1) is 5.82 Å². The van der Waals surface area contributed by atoms with E-state index in [1.165, 1.54) is 19.1 Å². The Morgan fingerprint density at radius 1 is 1.10 bits per heavy atom. The second-order valence-electron chi connectivity index (χ2n) is 4.23. The molecule has 0 aliphatic carbocycles. The molecule has 0 heterocycles. The molecule has 2 aromatic rings. The van der Waals surface area contributed by atoms with Crippen molar-refractivity contribution in [3.05, 3.63) is 59.4 Å². The molecule has 0 aliphatic heterocycles. The number of carbonyl (C=O) groups is 2. The number of carboxylic acid groups (broad SMARTS) is 1. The summed E-state index contributed by atoms with van der Waals surface area (Å²) in [4.78, 5) is 22.4. The van der Waals surface area contributed by atoms with Crippen molar-refractivity contribution < 1.29 is 19.1 Å². The zero-order chi connectivity index (χ0) is 14.7. The lowest BCUT2D eigenvalue weighted by Gasteiger charge is -2.11. The summed E-state index contributed by atoms with van der Waals surface area (Å²) in [6.45, 7) is 1.41. The van der Waals surface area contributed by atoms with Crippen LogP contribution in [0.25, 0.3) is 0 Å². The fraction of sp³-hybridized carbons (Fsp3) is 0.0667. The third-order valence-corrected chi connectivity index (χ3v) is 2.79. The Morgan fingerprint density at radius 3 is 2.45 bits per heavy atom. The Morgan fingerprint density at radius 2 is 1.80 bits per heavy atom. The number of carboxylic acids is 1. The number of Topliss-reactive ketones (excluding diaryl/α,β-unsaturated/α-hetero) is 1. The molecule has 2 N–H and O–H groups in total. The molecule has 4 nitrogen and oxygen atoms in total. The predicted molar refractivity (Wildman–Crippen MR) is 73.1 cm³/mol. The Bertz CT molecular complexity index is 683. The van der Waals surface area contributed by atoms with Crippen molar-refractivity contribution in [1.82, 2.24) is 0 Å². The highest BCUT2D eigenvalue weighted by molar-refractivity contribution is 6.00. The summed E-state index contributed by atoms with van der Waals surface area (Å²) in [6.07, 6.45) is 0. The van der Waals surface area contributed by atoms with Gasteiger partial charge in [0.25, 0.3) is 0 Å². The fourth-order valence-electron chi connectivity index (χ4n) is 1.80. The SMILES string of the molecule is CC(=O)c1ccccc1Nc1cc(C(=O)O)ccc1F. The summed E-state index contributed by atoms with van der Waals surface area (Å²) in [5.74, 6) is -1.90. The van der Waals surface area contributed by atoms with Crippen molar-refractivity contribution in [3.8, 4) is 0 Å². The van der Waals surface area contributed by atoms with Gasteiger partial charge in [0.15, 0.2) is 5.78 Å². The van der Waals surface area contributed by atoms with Gasteiger partial charge in [-0.2, -0.15) is 0 Å². The standard InChI is InChI=1S/C15H12FNO3/c1-9(18)11-4-2-3-5-13(11)17-14-8-10(15(19)20)6-7-12(14)16/h2-8,17H,1H3,(H,19,20). The first kappa shape index (κ1) is 13.7. The average molecular weight is 273 g/mol. The van der Waals surface area contributed by atoms with Gasteiger partial charge in [-0.15, -0.1) is 0 Å². The minimum Gasteiger partial charge on any atom is -0.478 e. The summed E-state index contributed by atoms with van der Waals surface area (Å²) < 4.78 is 13.7. The number of rotatable bonds is 4. The highest BCUT2D eigenvalue weighted by Crippen LogP contribution is 2.24. The lowest BCUT2D eigenvalue weighted by atomic mass is 10.1. The van der Waals surface area contributed by atoms with E-state index in [0.717, 1.165) is 6.07 Å². The second kappa shape index (κ2) is 5.52. The number of hydrogen-bond acceptors (Lipinski definition) is 3. The summed E-state index contributed by atoms with van der Waals surface area (Å²) in [7, 11) is 0. The van der Waals surface area contributed by atoms with Crippen molar-refractivity contribution in [2.24, 2.45) is 0 Å². The normalized spacial score (nSPS) is 10.1. The first-order valence-corrected chi connectivity index (χ1v) is 5.89. The van der Waals surface area contributed by atoms with Crippen LogP contribution in [-0.2, 0) is 0 Å². The third kappa shape index (κ3) is 2.83. The molecule has 0 aliphatic rings. The van der Waals surface area contributed by atoms with E-state index in [1.807, 2.05) is 0 Å². The molecule has 0 spiro atoms. The number of carbonyl (C=O) groups excluding carboxylic acids is 1. The number of nitrogens with one attached hydrogen (secondary N) is 1. The van der Waals surface area contributed by atoms with E-state index >= 15 is 0 Å². The molecule has 0 amide bonds. The molecular weight excluding hydrogens is 261 g/mol. The molecule has 0 atom stereocenters. The van der Waals surface area contributed by atoms with Crippen LogP contribution in [0.3, 0.4) is 0 Å². The van der Waals surface area contributed by atoms with Crippen LogP contribution in [0.2, 0.25) is 0 Å². The van der Waals surface area contributed by atoms with Crippen LogP contribution in [0.4, 0.5) is 15.8 Å². The van der Waals surface area contributed by atoms with Crippen LogP contribution >= 0.6 is 0 Å². The van der Waals surface area contributed by atoms with E-state index in [4.69, 9.17) is 5.11 Å². The summed E-state index contributed by atoms with van der Waals surface area (Å²) in [5.41, 5.74) is 0.821.